The van der Waals surface area contributed by atoms with Gasteiger partial charge in [-0.15, -0.1) is 6.58 Å². The van der Waals surface area contributed by atoms with Gasteiger partial charge in [-0.05, 0) is 51.7 Å². The number of nitrogens with one attached hydrogen (secondary N) is 1. The third kappa shape index (κ3) is 6.25. The Kier molecular flexibility index (Phi) is 8.53. The molecule has 2 N–H and O–H groups in total. The summed E-state index contributed by atoms with van der Waals surface area (Å²) in [6, 6.07) is 26.5. The van der Waals surface area contributed by atoms with Crippen LogP contribution < -0.4 is 5.32 Å². The van der Waals surface area contributed by atoms with Crippen LogP contribution in [-0.4, -0.2) is 68.6 Å². The van der Waals surface area contributed by atoms with Crippen molar-refractivity contribution in [2.75, 3.05) is 19.6 Å². The average Bonchev–Trinajstić information content (AvgIpc) is 3.37. The molecule has 0 unspecified atom stereocenters. The highest BCUT2D eigenvalue weighted by atomic mass is 19.1. The highest BCUT2D eigenvalue weighted by molar-refractivity contribution is 5.92. The summed E-state index contributed by atoms with van der Waals surface area (Å²) in [7, 11) is 0. The number of nitrogens with zero attached hydrogens (tertiary/aromatic N) is 4. The second-order valence-corrected chi connectivity index (χ2v) is 11.4. The van der Waals surface area contributed by atoms with E-state index in [2.05, 4.69) is 36.7 Å². The van der Waals surface area contributed by atoms with E-state index in [4.69, 9.17) is 0 Å². The van der Waals surface area contributed by atoms with E-state index >= 15 is 0 Å². The predicted molar refractivity (Wildman–Crippen MR) is 172 cm³/mol. The monoisotopic (exact) mass is 605 g/mol. The number of benzene rings is 4. The van der Waals surface area contributed by atoms with E-state index in [1.165, 1.54) is 12.1 Å². The lowest BCUT2D eigenvalue weighted by Gasteiger charge is -2.47. The topological polar surface area (TPSA) is 79.4 Å². The van der Waals surface area contributed by atoms with Crippen LogP contribution >= 0.6 is 0 Å². The number of piperazine rings is 1. The number of hydrazine groups is 1. The Bertz CT molecular complexity index is 1720. The van der Waals surface area contributed by atoms with E-state index in [1.807, 2.05) is 39.2 Å². The van der Waals surface area contributed by atoms with Gasteiger partial charge in [-0.2, -0.15) is 5.01 Å². The lowest BCUT2D eigenvalue weighted by atomic mass is 9.99. The molecular weight excluding hydrogens is 569 g/mol. The average molecular weight is 606 g/mol. The molecule has 4 aromatic carbocycles. The Labute approximate surface area is 262 Å². The highest BCUT2D eigenvalue weighted by Crippen LogP contribution is 2.32. The molecule has 9 heteroatoms. The van der Waals surface area contributed by atoms with Crippen molar-refractivity contribution in [3.8, 4) is 5.75 Å². The Hall–Kier alpha value is -5.15. The maximum atomic E-state index is 14.2. The third-order valence-electron chi connectivity index (χ3n) is 8.51. The zero-order valence-corrected chi connectivity index (χ0v) is 25.0. The molecule has 0 radical (unpaired) electrons. The summed E-state index contributed by atoms with van der Waals surface area (Å²) in [4.78, 5) is 31.5. The molecule has 2 aliphatic rings. The van der Waals surface area contributed by atoms with Crippen molar-refractivity contribution in [2.24, 2.45) is 0 Å². The molecule has 0 bridgehead atoms. The minimum absolute atomic E-state index is 0.0667. The molecule has 2 saturated heterocycles. The normalized spacial score (nSPS) is 18.2. The van der Waals surface area contributed by atoms with E-state index in [9.17, 15) is 19.1 Å². The van der Waals surface area contributed by atoms with E-state index in [0.717, 1.165) is 27.5 Å². The first-order valence-corrected chi connectivity index (χ1v) is 15.0. The van der Waals surface area contributed by atoms with Gasteiger partial charge in [0.25, 0.3) is 0 Å². The number of hydrogen-bond donors (Lipinski definition) is 2. The van der Waals surface area contributed by atoms with Crippen LogP contribution in [0.1, 0.15) is 16.7 Å². The summed E-state index contributed by atoms with van der Waals surface area (Å²) < 4.78 is 13.4. The fraction of sp³-hybridized carbons (Fsp3) is 0.222. The quantitative estimate of drug-likeness (QED) is 0.240. The lowest BCUT2D eigenvalue weighted by molar-refractivity contribution is -0.158. The summed E-state index contributed by atoms with van der Waals surface area (Å²) in [5.41, 5.74) is 2.76. The number of carbonyl (C=O) groups excluding carboxylic acids is 2. The number of phenolic OH excluding ortho intramolecular Hbond substituents is 1. The van der Waals surface area contributed by atoms with Gasteiger partial charge in [0.15, 0.2) is 0 Å². The van der Waals surface area contributed by atoms with Crippen molar-refractivity contribution >= 4 is 22.6 Å². The molecule has 0 spiro atoms. The van der Waals surface area contributed by atoms with Crippen LogP contribution in [-0.2, 0) is 29.1 Å². The number of aromatic hydroxyl groups is 1. The van der Waals surface area contributed by atoms with Crippen molar-refractivity contribution in [3.05, 3.63) is 139 Å². The minimum atomic E-state index is -0.730. The van der Waals surface area contributed by atoms with Crippen molar-refractivity contribution < 1.29 is 19.1 Å². The Morgan fingerprint density at radius 1 is 0.978 bits per heavy atom. The molecule has 2 heterocycles. The molecule has 6 rings (SSSR count). The first kappa shape index (κ1) is 29.9. The first-order chi connectivity index (χ1) is 21.8. The fourth-order valence-electron chi connectivity index (χ4n) is 6.27. The van der Waals surface area contributed by atoms with Gasteiger partial charge < -0.3 is 20.2 Å². The zero-order chi connectivity index (χ0) is 31.5. The Balaban J connectivity index is 1.31. The van der Waals surface area contributed by atoms with Crippen LogP contribution in [0.25, 0.3) is 10.8 Å². The van der Waals surface area contributed by atoms with Gasteiger partial charge in [0.05, 0.1) is 19.6 Å². The maximum Gasteiger partial charge on any atom is 0.246 e. The summed E-state index contributed by atoms with van der Waals surface area (Å²) in [6.07, 6.45) is 1.61. The molecule has 2 aliphatic heterocycles. The third-order valence-corrected chi connectivity index (χ3v) is 8.51. The van der Waals surface area contributed by atoms with Gasteiger partial charge >= 0.3 is 0 Å². The molecular formula is C36H36FN5O3. The van der Waals surface area contributed by atoms with Gasteiger partial charge in [0.2, 0.25) is 11.8 Å². The zero-order valence-electron chi connectivity index (χ0n) is 25.0. The van der Waals surface area contributed by atoms with Gasteiger partial charge in [-0.1, -0.05) is 79.4 Å². The summed E-state index contributed by atoms with van der Waals surface area (Å²) in [5.74, 6) is 0.123. The number of phenols is 1. The maximum absolute atomic E-state index is 14.2. The Morgan fingerprint density at radius 3 is 2.44 bits per heavy atom. The smallest absolute Gasteiger partial charge is 0.246 e. The van der Waals surface area contributed by atoms with E-state index in [1.54, 1.807) is 47.4 Å². The molecule has 0 aliphatic carbocycles. The standard InChI is InChI=1S/C36H36FN5O3/c1-3-19-40(25(2)38-21-27-11-15-30(37)16-12-27)41-24-35(44)42-33(20-26-13-17-31(43)18-14-26)36(45)39(23-34(41)42)22-29-9-6-8-28-7-4-5-10-32(28)29/h3-18,33-34,38,43H,1-2,19-24H2/t33-,34+/m0/s1. The molecule has 4 aromatic rings. The second kappa shape index (κ2) is 12.8. The minimum Gasteiger partial charge on any atom is -0.508 e. The summed E-state index contributed by atoms with van der Waals surface area (Å²) >= 11 is 0. The SMILES string of the molecule is C=CCN(C(=C)NCc1ccc(F)cc1)N1CC(=O)N2[C@@H](Cc3ccc(O)cc3)C(=O)N(Cc3cccc4ccccc34)C[C@@H]21. The molecule has 2 atom stereocenters. The van der Waals surface area contributed by atoms with Crippen LogP contribution in [0.15, 0.2) is 116 Å². The summed E-state index contributed by atoms with van der Waals surface area (Å²) in [5, 5.41) is 19.2. The number of fused-ring (bicyclic) bond motifs is 2. The largest absolute Gasteiger partial charge is 0.508 e. The van der Waals surface area contributed by atoms with Crippen LogP contribution in [0.5, 0.6) is 5.75 Å². The van der Waals surface area contributed by atoms with E-state index in [0.29, 0.717) is 38.4 Å². The molecule has 2 amide bonds. The molecule has 2 fully saturated rings. The number of amides is 2. The molecule has 8 nitrogen and oxygen atoms in total. The van der Waals surface area contributed by atoms with Crippen molar-refractivity contribution in [3.63, 3.8) is 0 Å². The van der Waals surface area contributed by atoms with Crippen LogP contribution in [0, 0.1) is 5.82 Å². The van der Waals surface area contributed by atoms with Crippen LogP contribution in [0.4, 0.5) is 4.39 Å². The fourth-order valence-corrected chi connectivity index (χ4v) is 6.27. The van der Waals surface area contributed by atoms with Crippen molar-refractivity contribution in [1.82, 2.24) is 25.1 Å². The number of hydrogen-bond acceptors (Lipinski definition) is 6. The lowest BCUT2D eigenvalue weighted by Crippen LogP contribution is -2.65. The van der Waals surface area contributed by atoms with Crippen LogP contribution in [0.3, 0.4) is 0 Å². The number of carbonyl (C=O) groups is 2. The van der Waals surface area contributed by atoms with Crippen molar-refractivity contribution in [1.29, 1.82) is 0 Å². The van der Waals surface area contributed by atoms with Gasteiger partial charge in [-0.3, -0.25) is 14.6 Å². The molecule has 0 aromatic heterocycles. The number of halogens is 1. The highest BCUT2D eigenvalue weighted by Gasteiger charge is 2.51. The van der Waals surface area contributed by atoms with Crippen LogP contribution in [0.2, 0.25) is 0 Å². The first-order valence-electron chi connectivity index (χ1n) is 15.0. The van der Waals surface area contributed by atoms with Gasteiger partial charge in [0.1, 0.15) is 29.6 Å². The van der Waals surface area contributed by atoms with E-state index in [-0.39, 0.29) is 29.9 Å². The van der Waals surface area contributed by atoms with E-state index < -0.39 is 12.2 Å². The van der Waals surface area contributed by atoms with Gasteiger partial charge in [0, 0.05) is 19.5 Å². The van der Waals surface area contributed by atoms with Gasteiger partial charge in [-0.25, -0.2) is 4.39 Å². The molecule has 0 saturated carbocycles. The van der Waals surface area contributed by atoms with Crippen molar-refractivity contribution in [2.45, 2.75) is 31.7 Å². The molecule has 45 heavy (non-hydrogen) atoms. The predicted octanol–water partition coefficient (Wildman–Crippen LogP) is 4.77. The molecule has 230 valence electrons. The Morgan fingerprint density at radius 2 is 1.69 bits per heavy atom. The second-order valence-electron chi connectivity index (χ2n) is 11.4. The summed E-state index contributed by atoms with van der Waals surface area (Å²) in [6.45, 7) is 9.75. The number of rotatable bonds is 11.